The van der Waals surface area contributed by atoms with Crippen molar-refractivity contribution in [2.24, 2.45) is 5.73 Å². The second-order valence-corrected chi connectivity index (χ2v) is 3.64. The molecule has 5 nitrogen and oxygen atoms in total. The van der Waals surface area contributed by atoms with Gasteiger partial charge < -0.3 is 10.3 Å². The lowest BCUT2D eigenvalue weighted by Gasteiger charge is -2.06. The third kappa shape index (κ3) is 1.45. The monoisotopic (exact) mass is 204 g/mol. The number of primary amides is 1. The van der Waals surface area contributed by atoms with E-state index >= 15 is 0 Å². The van der Waals surface area contributed by atoms with Crippen LogP contribution in [0.4, 0.5) is 0 Å². The van der Waals surface area contributed by atoms with Crippen LogP contribution in [0.15, 0.2) is 18.6 Å². The predicted molar refractivity (Wildman–Crippen MR) is 56.4 cm³/mol. The second kappa shape index (κ2) is 3.34. The third-order valence-electron chi connectivity index (χ3n) is 2.28. The molecule has 0 aromatic carbocycles. The van der Waals surface area contributed by atoms with E-state index in [-0.39, 0.29) is 6.04 Å². The van der Waals surface area contributed by atoms with Crippen molar-refractivity contribution in [3.63, 3.8) is 0 Å². The number of carbonyl (C=O) groups excluding carboxylic acids is 1. The van der Waals surface area contributed by atoms with Gasteiger partial charge in [-0.3, -0.25) is 4.79 Å². The molecule has 0 atom stereocenters. The van der Waals surface area contributed by atoms with Crippen LogP contribution in [0.1, 0.15) is 30.2 Å². The number of amides is 1. The van der Waals surface area contributed by atoms with E-state index in [1.54, 1.807) is 18.6 Å². The molecular formula is C10H12N4O. The largest absolute Gasteiger partial charge is 0.366 e. The Balaban J connectivity index is 2.74. The van der Waals surface area contributed by atoms with Gasteiger partial charge in [0.2, 0.25) is 0 Å². The Morgan fingerprint density at radius 2 is 2.20 bits per heavy atom. The normalized spacial score (nSPS) is 11.1. The summed E-state index contributed by atoms with van der Waals surface area (Å²) >= 11 is 0. The molecule has 5 heteroatoms. The second-order valence-electron chi connectivity index (χ2n) is 3.64. The summed E-state index contributed by atoms with van der Waals surface area (Å²) in [6.07, 6.45) is 3.25. The van der Waals surface area contributed by atoms with E-state index in [1.807, 2.05) is 18.4 Å². The van der Waals surface area contributed by atoms with E-state index in [0.29, 0.717) is 16.7 Å². The Morgan fingerprint density at radius 3 is 2.80 bits per heavy atom. The summed E-state index contributed by atoms with van der Waals surface area (Å²) in [5.74, 6) is -0.476. The van der Waals surface area contributed by atoms with Gasteiger partial charge in [0.05, 0.1) is 11.9 Å². The fourth-order valence-electron chi connectivity index (χ4n) is 1.51. The zero-order chi connectivity index (χ0) is 11.0. The minimum absolute atomic E-state index is 0.255. The molecule has 2 heterocycles. The van der Waals surface area contributed by atoms with Crippen molar-refractivity contribution in [3.05, 3.63) is 24.2 Å². The molecule has 0 unspecified atom stereocenters. The highest BCUT2D eigenvalue weighted by atomic mass is 16.1. The topological polar surface area (TPSA) is 73.8 Å². The first kappa shape index (κ1) is 9.64. The van der Waals surface area contributed by atoms with E-state index in [4.69, 9.17) is 5.73 Å². The number of nitrogens with two attached hydrogens (primary N) is 1. The summed E-state index contributed by atoms with van der Waals surface area (Å²) in [6.45, 7) is 4.06. The van der Waals surface area contributed by atoms with Crippen molar-refractivity contribution >= 4 is 17.1 Å². The van der Waals surface area contributed by atoms with Gasteiger partial charge in [0, 0.05) is 12.2 Å². The summed E-state index contributed by atoms with van der Waals surface area (Å²) in [7, 11) is 0. The number of fused-ring (bicyclic) bond motifs is 1. The number of nitrogens with zero attached hydrogens (tertiary/aromatic N) is 3. The molecule has 0 radical (unpaired) electrons. The highest BCUT2D eigenvalue weighted by Gasteiger charge is 2.12. The number of rotatable bonds is 2. The number of carbonyl (C=O) groups is 1. The molecule has 15 heavy (non-hydrogen) atoms. The van der Waals surface area contributed by atoms with Gasteiger partial charge >= 0.3 is 0 Å². The van der Waals surface area contributed by atoms with Crippen molar-refractivity contribution in [3.8, 4) is 0 Å². The van der Waals surface area contributed by atoms with E-state index < -0.39 is 5.91 Å². The lowest BCUT2D eigenvalue weighted by molar-refractivity contribution is 0.100. The molecule has 0 saturated heterocycles. The Kier molecular flexibility index (Phi) is 2.15. The quantitative estimate of drug-likeness (QED) is 0.796. The van der Waals surface area contributed by atoms with E-state index in [1.165, 1.54) is 0 Å². The molecule has 0 bridgehead atoms. The Hall–Kier alpha value is -1.91. The van der Waals surface area contributed by atoms with Crippen molar-refractivity contribution < 1.29 is 4.79 Å². The van der Waals surface area contributed by atoms with Crippen LogP contribution in [0.2, 0.25) is 0 Å². The number of aromatic nitrogens is 3. The molecule has 1 amide bonds. The van der Waals surface area contributed by atoms with Gasteiger partial charge in [0.1, 0.15) is 5.52 Å². The number of hydrogen-bond donors (Lipinski definition) is 1. The first-order valence-electron chi connectivity index (χ1n) is 4.72. The van der Waals surface area contributed by atoms with Crippen LogP contribution in [0.25, 0.3) is 11.2 Å². The maximum absolute atomic E-state index is 11.1. The molecule has 0 fully saturated rings. The van der Waals surface area contributed by atoms with E-state index in [2.05, 4.69) is 9.97 Å². The van der Waals surface area contributed by atoms with Crippen molar-refractivity contribution in [1.29, 1.82) is 0 Å². The summed E-state index contributed by atoms with van der Waals surface area (Å²) in [6, 6.07) is 1.84. The third-order valence-corrected chi connectivity index (χ3v) is 2.28. The van der Waals surface area contributed by atoms with Gasteiger partial charge in [-0.15, -0.1) is 0 Å². The van der Waals surface area contributed by atoms with Gasteiger partial charge in [-0.05, 0) is 19.9 Å². The van der Waals surface area contributed by atoms with Crippen molar-refractivity contribution in [1.82, 2.24) is 14.5 Å². The lowest BCUT2D eigenvalue weighted by Crippen LogP contribution is -2.12. The first-order valence-corrected chi connectivity index (χ1v) is 4.72. The van der Waals surface area contributed by atoms with Crippen LogP contribution in [-0.4, -0.2) is 20.4 Å². The highest BCUT2D eigenvalue weighted by molar-refractivity contribution is 6.03. The summed E-state index contributed by atoms with van der Waals surface area (Å²) in [5.41, 5.74) is 6.93. The lowest BCUT2D eigenvalue weighted by atomic mass is 10.2. The zero-order valence-corrected chi connectivity index (χ0v) is 8.64. The molecule has 78 valence electrons. The van der Waals surface area contributed by atoms with E-state index in [9.17, 15) is 4.79 Å². The average Bonchev–Trinajstić information content (AvgIpc) is 2.59. The molecule has 0 aliphatic heterocycles. The SMILES string of the molecule is CC(C)n1cnc2c(C(N)=O)ccnc21. The number of pyridine rings is 1. The Morgan fingerprint density at radius 1 is 1.47 bits per heavy atom. The predicted octanol–water partition coefficient (Wildman–Crippen LogP) is 1.11. The smallest absolute Gasteiger partial charge is 0.251 e. The first-order chi connectivity index (χ1) is 7.11. The molecule has 0 aliphatic rings. The molecule has 2 aromatic heterocycles. The number of imidazole rings is 1. The number of hydrogen-bond acceptors (Lipinski definition) is 3. The average molecular weight is 204 g/mol. The van der Waals surface area contributed by atoms with Crippen molar-refractivity contribution in [2.75, 3.05) is 0 Å². The minimum atomic E-state index is -0.476. The molecule has 0 spiro atoms. The molecule has 2 aromatic rings. The Bertz CT molecular complexity index is 515. The van der Waals surface area contributed by atoms with Crippen molar-refractivity contribution in [2.45, 2.75) is 19.9 Å². The maximum Gasteiger partial charge on any atom is 0.251 e. The summed E-state index contributed by atoms with van der Waals surface area (Å²) in [4.78, 5) is 19.5. The van der Waals surface area contributed by atoms with Crippen LogP contribution >= 0.6 is 0 Å². The fraction of sp³-hybridized carbons (Fsp3) is 0.300. The maximum atomic E-state index is 11.1. The van der Waals surface area contributed by atoms with Gasteiger partial charge in [-0.25, -0.2) is 9.97 Å². The van der Waals surface area contributed by atoms with Gasteiger partial charge in [0.15, 0.2) is 5.65 Å². The fourth-order valence-corrected chi connectivity index (χ4v) is 1.51. The van der Waals surface area contributed by atoms with Gasteiger partial charge in [-0.2, -0.15) is 0 Å². The minimum Gasteiger partial charge on any atom is -0.366 e. The molecule has 2 N–H and O–H groups in total. The van der Waals surface area contributed by atoms with E-state index in [0.717, 1.165) is 0 Å². The zero-order valence-electron chi connectivity index (χ0n) is 8.64. The molecule has 0 saturated carbocycles. The molecule has 0 aliphatic carbocycles. The summed E-state index contributed by atoms with van der Waals surface area (Å²) < 4.78 is 1.90. The standard InChI is InChI=1S/C10H12N4O/c1-6(2)14-5-13-8-7(9(11)15)3-4-12-10(8)14/h3-6H,1-2H3,(H2,11,15). The van der Waals surface area contributed by atoms with Gasteiger partial charge in [-0.1, -0.05) is 0 Å². The van der Waals surface area contributed by atoms with Crippen LogP contribution < -0.4 is 5.73 Å². The highest BCUT2D eigenvalue weighted by Crippen LogP contribution is 2.17. The molecular weight excluding hydrogens is 192 g/mol. The van der Waals surface area contributed by atoms with Crippen LogP contribution in [0.5, 0.6) is 0 Å². The Labute approximate surface area is 86.9 Å². The van der Waals surface area contributed by atoms with Gasteiger partial charge in [0.25, 0.3) is 5.91 Å². The van der Waals surface area contributed by atoms with Crippen LogP contribution in [-0.2, 0) is 0 Å². The van der Waals surface area contributed by atoms with Crippen LogP contribution in [0.3, 0.4) is 0 Å². The summed E-state index contributed by atoms with van der Waals surface area (Å²) in [5, 5.41) is 0. The molecule has 2 rings (SSSR count). The van der Waals surface area contributed by atoms with Crippen LogP contribution in [0, 0.1) is 0 Å².